The first-order chi connectivity index (χ1) is 11.1. The van der Waals surface area contributed by atoms with E-state index >= 15 is 0 Å². The van der Waals surface area contributed by atoms with Gasteiger partial charge in [-0.05, 0) is 45.1 Å². The highest BCUT2D eigenvalue weighted by Gasteiger charge is 2.25. The number of rotatable bonds is 3. The smallest absolute Gasteiger partial charge is 0.239 e. The number of nitrogens with one attached hydrogen (secondary N) is 1. The quantitative estimate of drug-likeness (QED) is 0.923. The van der Waals surface area contributed by atoms with Crippen molar-refractivity contribution in [2.24, 2.45) is 0 Å². The molecule has 1 aliphatic carbocycles. The van der Waals surface area contributed by atoms with Gasteiger partial charge in [0.25, 0.3) is 0 Å². The predicted octanol–water partition coefficient (Wildman–Crippen LogP) is 2.55. The number of morpholine rings is 1. The number of carbonyl (C=O) groups is 1. The molecule has 1 saturated heterocycles. The fourth-order valence-corrected chi connectivity index (χ4v) is 4.81. The number of thiophene rings is 1. The minimum Gasteiger partial charge on any atom is -0.373 e. The fourth-order valence-electron chi connectivity index (χ4n) is 3.55. The Morgan fingerprint density at radius 2 is 2.04 bits per heavy atom. The van der Waals surface area contributed by atoms with E-state index in [1.54, 1.807) is 11.3 Å². The molecule has 23 heavy (non-hydrogen) atoms. The molecule has 124 valence electrons. The molecule has 3 rings (SSSR count). The van der Waals surface area contributed by atoms with Crippen LogP contribution in [0.3, 0.4) is 0 Å². The molecule has 0 bridgehead atoms. The lowest BCUT2D eigenvalue weighted by molar-refractivity contribution is -0.121. The Bertz CT molecular complexity index is 625. The van der Waals surface area contributed by atoms with Crippen LogP contribution in [-0.2, 0) is 22.4 Å². The Morgan fingerprint density at radius 1 is 1.35 bits per heavy atom. The molecule has 0 unspecified atom stereocenters. The SMILES string of the molecule is C[C@H]1CN(CC(=O)Nc2sc3c(c2C#N)CCCC3)C[C@H](C)O1. The molecule has 1 amide bonds. The first-order valence-corrected chi connectivity index (χ1v) is 9.10. The van der Waals surface area contributed by atoms with Crippen molar-refractivity contribution in [1.29, 1.82) is 5.26 Å². The van der Waals surface area contributed by atoms with E-state index in [9.17, 15) is 10.1 Å². The van der Waals surface area contributed by atoms with Crippen molar-refractivity contribution < 1.29 is 9.53 Å². The Balaban J connectivity index is 1.66. The van der Waals surface area contributed by atoms with Crippen molar-refractivity contribution in [1.82, 2.24) is 4.90 Å². The molecule has 0 spiro atoms. The number of anilines is 1. The number of hydrogen-bond donors (Lipinski definition) is 1. The summed E-state index contributed by atoms with van der Waals surface area (Å²) in [6.07, 6.45) is 4.60. The van der Waals surface area contributed by atoms with E-state index in [4.69, 9.17) is 4.74 Å². The van der Waals surface area contributed by atoms with Crippen molar-refractivity contribution in [3.05, 3.63) is 16.0 Å². The van der Waals surface area contributed by atoms with Crippen LogP contribution in [0.4, 0.5) is 5.00 Å². The first kappa shape index (κ1) is 16.4. The van der Waals surface area contributed by atoms with Crippen molar-refractivity contribution >= 4 is 22.2 Å². The topological polar surface area (TPSA) is 65.4 Å². The molecule has 1 N–H and O–H groups in total. The van der Waals surface area contributed by atoms with Gasteiger partial charge < -0.3 is 10.1 Å². The van der Waals surface area contributed by atoms with Gasteiger partial charge in [-0.2, -0.15) is 5.26 Å². The van der Waals surface area contributed by atoms with Gasteiger partial charge in [0.1, 0.15) is 11.1 Å². The van der Waals surface area contributed by atoms with Crippen LogP contribution in [-0.4, -0.2) is 42.6 Å². The molecule has 2 heterocycles. The van der Waals surface area contributed by atoms with Gasteiger partial charge >= 0.3 is 0 Å². The zero-order valence-electron chi connectivity index (χ0n) is 13.7. The van der Waals surface area contributed by atoms with Gasteiger partial charge in [0.05, 0.1) is 24.3 Å². The number of ether oxygens (including phenoxy) is 1. The third-order valence-corrected chi connectivity index (χ3v) is 5.61. The summed E-state index contributed by atoms with van der Waals surface area (Å²) < 4.78 is 5.69. The molecular formula is C17H23N3O2S. The second-order valence-electron chi connectivity index (χ2n) is 6.53. The molecule has 1 fully saturated rings. The molecule has 0 saturated carbocycles. The maximum absolute atomic E-state index is 12.4. The molecular weight excluding hydrogens is 310 g/mol. The number of hydrogen-bond acceptors (Lipinski definition) is 5. The van der Waals surface area contributed by atoms with Gasteiger partial charge in [-0.25, -0.2) is 0 Å². The van der Waals surface area contributed by atoms with Crippen LogP contribution in [0.15, 0.2) is 0 Å². The van der Waals surface area contributed by atoms with Crippen LogP contribution in [0.25, 0.3) is 0 Å². The summed E-state index contributed by atoms with van der Waals surface area (Å²) in [5.74, 6) is -0.0404. The maximum Gasteiger partial charge on any atom is 0.239 e. The molecule has 5 nitrogen and oxygen atoms in total. The number of aryl methyl sites for hydroxylation is 1. The number of fused-ring (bicyclic) bond motifs is 1. The first-order valence-electron chi connectivity index (χ1n) is 8.29. The van der Waals surface area contributed by atoms with Crippen LogP contribution in [0.1, 0.15) is 42.7 Å². The van der Waals surface area contributed by atoms with E-state index in [0.29, 0.717) is 12.1 Å². The van der Waals surface area contributed by atoms with Crippen molar-refractivity contribution in [3.8, 4) is 6.07 Å². The molecule has 0 aromatic carbocycles. The molecule has 1 aromatic rings. The normalized spacial score (nSPS) is 24.7. The second-order valence-corrected chi connectivity index (χ2v) is 7.63. The minimum absolute atomic E-state index is 0.0404. The summed E-state index contributed by atoms with van der Waals surface area (Å²) in [5, 5.41) is 13.2. The van der Waals surface area contributed by atoms with Gasteiger partial charge in [0, 0.05) is 18.0 Å². The largest absolute Gasteiger partial charge is 0.373 e. The van der Waals surface area contributed by atoms with Gasteiger partial charge in [0.2, 0.25) is 5.91 Å². The van der Waals surface area contributed by atoms with E-state index in [-0.39, 0.29) is 18.1 Å². The third-order valence-electron chi connectivity index (χ3n) is 4.40. The number of carbonyl (C=O) groups excluding carboxylic acids is 1. The lowest BCUT2D eigenvalue weighted by Gasteiger charge is -2.34. The summed E-state index contributed by atoms with van der Waals surface area (Å²) in [4.78, 5) is 15.8. The van der Waals surface area contributed by atoms with Crippen LogP contribution in [0.5, 0.6) is 0 Å². The molecule has 2 aliphatic rings. The van der Waals surface area contributed by atoms with Crippen LogP contribution in [0.2, 0.25) is 0 Å². The van der Waals surface area contributed by atoms with E-state index in [1.165, 1.54) is 11.3 Å². The van der Waals surface area contributed by atoms with Gasteiger partial charge in [-0.3, -0.25) is 9.69 Å². The number of nitrogens with zero attached hydrogens (tertiary/aromatic N) is 2. The highest BCUT2D eigenvalue weighted by molar-refractivity contribution is 7.16. The van der Waals surface area contributed by atoms with E-state index in [0.717, 1.165) is 42.9 Å². The standard InChI is InChI=1S/C17H23N3O2S/c1-11-8-20(9-12(2)22-11)10-16(21)19-17-14(7-18)13-5-3-4-6-15(13)23-17/h11-12H,3-6,8-10H2,1-2H3,(H,19,21)/t11-,12-/m0/s1. The molecule has 1 aliphatic heterocycles. The van der Waals surface area contributed by atoms with Crippen molar-refractivity contribution in [2.45, 2.75) is 51.7 Å². The highest BCUT2D eigenvalue weighted by atomic mass is 32.1. The van der Waals surface area contributed by atoms with Gasteiger partial charge in [0.15, 0.2) is 0 Å². The Morgan fingerprint density at radius 3 is 2.74 bits per heavy atom. The second kappa shape index (κ2) is 7.00. The third kappa shape index (κ3) is 3.74. The van der Waals surface area contributed by atoms with Gasteiger partial charge in [-0.15, -0.1) is 11.3 Å². The van der Waals surface area contributed by atoms with Gasteiger partial charge in [-0.1, -0.05) is 0 Å². The zero-order chi connectivity index (χ0) is 16.4. The van der Waals surface area contributed by atoms with Crippen LogP contribution < -0.4 is 5.32 Å². The number of amides is 1. The lowest BCUT2D eigenvalue weighted by atomic mass is 9.96. The summed E-state index contributed by atoms with van der Waals surface area (Å²) in [5.41, 5.74) is 1.84. The van der Waals surface area contributed by atoms with Crippen LogP contribution in [0, 0.1) is 11.3 Å². The van der Waals surface area contributed by atoms with E-state index < -0.39 is 0 Å². The average Bonchev–Trinajstić information content (AvgIpc) is 2.82. The molecule has 0 radical (unpaired) electrons. The summed E-state index contributed by atoms with van der Waals surface area (Å²) in [6, 6.07) is 2.29. The summed E-state index contributed by atoms with van der Waals surface area (Å²) in [7, 11) is 0. The fraction of sp³-hybridized carbons (Fsp3) is 0.647. The number of nitriles is 1. The predicted molar refractivity (Wildman–Crippen MR) is 90.8 cm³/mol. The summed E-state index contributed by atoms with van der Waals surface area (Å²) in [6.45, 7) is 5.95. The Labute approximate surface area is 141 Å². The van der Waals surface area contributed by atoms with Crippen LogP contribution >= 0.6 is 11.3 Å². The van der Waals surface area contributed by atoms with Crippen molar-refractivity contribution in [2.75, 3.05) is 25.0 Å². The Hall–Kier alpha value is -1.42. The minimum atomic E-state index is -0.0404. The molecule has 6 heteroatoms. The monoisotopic (exact) mass is 333 g/mol. The zero-order valence-corrected chi connectivity index (χ0v) is 14.5. The Kier molecular flexibility index (Phi) is 5.00. The molecule has 1 aromatic heterocycles. The average molecular weight is 333 g/mol. The highest BCUT2D eigenvalue weighted by Crippen LogP contribution is 2.37. The lowest BCUT2D eigenvalue weighted by Crippen LogP contribution is -2.48. The molecule has 2 atom stereocenters. The van der Waals surface area contributed by atoms with E-state index in [2.05, 4.69) is 16.3 Å². The maximum atomic E-state index is 12.4. The summed E-state index contributed by atoms with van der Waals surface area (Å²) >= 11 is 1.58. The van der Waals surface area contributed by atoms with Crippen molar-refractivity contribution in [3.63, 3.8) is 0 Å². The van der Waals surface area contributed by atoms with E-state index in [1.807, 2.05) is 13.8 Å².